The number of amides is 2. The van der Waals surface area contributed by atoms with Gasteiger partial charge in [0.2, 0.25) is 5.91 Å². The van der Waals surface area contributed by atoms with E-state index in [-0.39, 0.29) is 10.8 Å². The summed E-state index contributed by atoms with van der Waals surface area (Å²) in [5, 5.41) is 6.82. The number of ether oxygens (including phenoxy) is 1. The van der Waals surface area contributed by atoms with E-state index in [2.05, 4.69) is 31.8 Å². The predicted octanol–water partition coefficient (Wildman–Crippen LogP) is 4.46. The topological polar surface area (TPSA) is 117 Å². The van der Waals surface area contributed by atoms with E-state index in [9.17, 15) is 18.0 Å². The highest BCUT2D eigenvalue weighted by atomic mass is 79.9. The fourth-order valence-corrected chi connectivity index (χ4v) is 5.50. The molecule has 0 spiro atoms. The molecule has 0 bridgehead atoms. The minimum Gasteiger partial charge on any atom is -0.496 e. The van der Waals surface area contributed by atoms with Crippen LogP contribution in [0.3, 0.4) is 0 Å². The van der Waals surface area contributed by atoms with E-state index >= 15 is 0 Å². The number of hydrogen-bond acceptors (Lipinski definition) is 6. The van der Waals surface area contributed by atoms with Crippen molar-refractivity contribution in [2.75, 3.05) is 23.3 Å². The molecule has 3 aromatic rings. The number of carbonyl (C=O) groups is 2. The number of hydrazone groups is 1. The number of benzene rings is 3. The number of nitrogens with one attached hydrogen (secondary N) is 2. The van der Waals surface area contributed by atoms with Gasteiger partial charge in [-0.2, -0.15) is 5.10 Å². The van der Waals surface area contributed by atoms with Gasteiger partial charge in [0.1, 0.15) is 12.3 Å². The molecule has 0 fully saturated rings. The van der Waals surface area contributed by atoms with Crippen molar-refractivity contribution in [2.45, 2.75) is 25.7 Å². The van der Waals surface area contributed by atoms with E-state index in [0.717, 1.165) is 9.87 Å². The minimum absolute atomic E-state index is 0.0111. The Labute approximate surface area is 224 Å². The Hall–Kier alpha value is -3.70. The molecule has 0 saturated carbocycles. The van der Waals surface area contributed by atoms with Crippen LogP contribution in [0.15, 0.2) is 81.2 Å². The lowest BCUT2D eigenvalue weighted by atomic mass is 10.1. The van der Waals surface area contributed by atoms with Gasteiger partial charge in [0.15, 0.2) is 0 Å². The zero-order chi connectivity index (χ0) is 27.2. The molecule has 0 aromatic heterocycles. The first-order valence-corrected chi connectivity index (χ1v) is 13.4. The summed E-state index contributed by atoms with van der Waals surface area (Å²) in [5.74, 6) is -0.360. The molecule has 0 aliphatic heterocycles. The Morgan fingerprint density at radius 3 is 2.35 bits per heavy atom. The van der Waals surface area contributed by atoms with Gasteiger partial charge in [-0.15, -0.1) is 0 Å². The Bertz CT molecular complexity index is 1440. The van der Waals surface area contributed by atoms with Gasteiger partial charge in [-0.25, -0.2) is 13.8 Å². The fraction of sp³-hybridized carbons (Fsp3) is 0.192. The van der Waals surface area contributed by atoms with E-state index < -0.39 is 22.5 Å². The molecule has 11 heteroatoms. The minimum atomic E-state index is -4.12. The zero-order valence-corrected chi connectivity index (χ0v) is 23.2. The number of aryl methyl sites for hydroxylation is 1. The van der Waals surface area contributed by atoms with E-state index in [1.165, 1.54) is 32.2 Å². The first-order chi connectivity index (χ1) is 17.5. The van der Waals surface area contributed by atoms with Crippen LogP contribution in [-0.2, 0) is 19.6 Å². The Morgan fingerprint density at radius 1 is 1.03 bits per heavy atom. The van der Waals surface area contributed by atoms with Gasteiger partial charge in [0.25, 0.3) is 15.9 Å². The number of anilines is 2. The van der Waals surface area contributed by atoms with E-state index in [1.54, 1.807) is 55.5 Å². The third-order valence-corrected chi connectivity index (χ3v) is 7.66. The molecular weight excluding hydrogens is 560 g/mol. The van der Waals surface area contributed by atoms with Crippen molar-refractivity contribution in [1.82, 2.24) is 5.43 Å². The van der Waals surface area contributed by atoms with Crippen LogP contribution < -0.4 is 19.8 Å². The van der Waals surface area contributed by atoms with Crippen LogP contribution in [0.2, 0.25) is 0 Å². The van der Waals surface area contributed by atoms with Crippen LogP contribution in [0.4, 0.5) is 11.4 Å². The highest BCUT2D eigenvalue weighted by molar-refractivity contribution is 9.10. The number of nitrogens with zero attached hydrogens (tertiary/aromatic N) is 2. The second-order valence-electron chi connectivity index (χ2n) is 8.14. The molecule has 2 N–H and O–H groups in total. The molecular formula is C26H27BrN4O5S. The molecule has 0 saturated heterocycles. The maximum absolute atomic E-state index is 13.6. The molecule has 0 unspecified atom stereocenters. The first kappa shape index (κ1) is 27.9. The molecule has 3 rings (SSSR count). The lowest BCUT2D eigenvalue weighted by molar-refractivity contribution is -0.119. The zero-order valence-electron chi connectivity index (χ0n) is 20.8. The summed E-state index contributed by atoms with van der Waals surface area (Å²) in [5.41, 5.74) is 5.45. The normalized spacial score (nSPS) is 11.5. The van der Waals surface area contributed by atoms with Gasteiger partial charge >= 0.3 is 0 Å². The number of sulfonamides is 1. The number of halogens is 1. The summed E-state index contributed by atoms with van der Waals surface area (Å²) >= 11 is 3.32. The Morgan fingerprint density at radius 2 is 1.73 bits per heavy atom. The average Bonchev–Trinajstić information content (AvgIpc) is 2.86. The number of rotatable bonds is 9. The molecule has 3 aromatic carbocycles. The molecule has 9 nitrogen and oxygen atoms in total. The van der Waals surface area contributed by atoms with Crippen LogP contribution in [0.1, 0.15) is 25.0 Å². The van der Waals surface area contributed by atoms with Crippen molar-refractivity contribution in [3.8, 4) is 5.75 Å². The standard InChI is InChI=1S/C26H27BrN4O5S/c1-17-8-10-22(11-9-17)31(37(34,35)23-12-13-25(36-4)24(27)15-23)16-26(33)30-29-18(2)20-6-5-7-21(14-20)28-19(3)32/h5-15H,16H2,1-4H3,(H,28,32)(H,30,33)/b29-18-. The van der Waals surface area contributed by atoms with Crippen LogP contribution in [0, 0.1) is 6.92 Å². The van der Waals surface area contributed by atoms with Gasteiger partial charge in [-0.05, 0) is 77.8 Å². The van der Waals surface area contributed by atoms with Crippen LogP contribution in [0.25, 0.3) is 0 Å². The highest BCUT2D eigenvalue weighted by Crippen LogP contribution is 2.30. The first-order valence-electron chi connectivity index (χ1n) is 11.2. The van der Waals surface area contributed by atoms with E-state index in [0.29, 0.717) is 32.9 Å². The molecule has 0 atom stereocenters. The molecule has 0 aliphatic carbocycles. The summed E-state index contributed by atoms with van der Waals surface area (Å²) < 4.78 is 33.9. The molecule has 194 valence electrons. The van der Waals surface area contributed by atoms with Crippen molar-refractivity contribution in [2.24, 2.45) is 5.10 Å². The second-order valence-corrected chi connectivity index (χ2v) is 10.9. The van der Waals surface area contributed by atoms with Gasteiger partial charge in [-0.3, -0.25) is 13.9 Å². The van der Waals surface area contributed by atoms with Crippen LogP contribution in [0.5, 0.6) is 5.75 Å². The monoisotopic (exact) mass is 586 g/mol. The predicted molar refractivity (Wildman–Crippen MR) is 148 cm³/mol. The van der Waals surface area contributed by atoms with Crippen LogP contribution in [-0.4, -0.2) is 39.6 Å². The third kappa shape index (κ3) is 7.17. The Balaban J connectivity index is 1.87. The molecule has 2 amide bonds. The van der Waals surface area contributed by atoms with Gasteiger partial charge in [0.05, 0.1) is 27.9 Å². The van der Waals surface area contributed by atoms with Gasteiger partial charge < -0.3 is 10.1 Å². The van der Waals surface area contributed by atoms with Crippen molar-refractivity contribution in [3.05, 3.63) is 82.3 Å². The number of carbonyl (C=O) groups excluding carboxylic acids is 2. The molecule has 0 aliphatic rings. The average molecular weight is 587 g/mol. The number of methoxy groups -OCH3 is 1. The highest BCUT2D eigenvalue weighted by Gasteiger charge is 2.28. The third-order valence-electron chi connectivity index (χ3n) is 5.27. The Kier molecular flexibility index (Phi) is 9.06. The largest absolute Gasteiger partial charge is 0.496 e. The lowest BCUT2D eigenvalue weighted by Gasteiger charge is -2.24. The van der Waals surface area contributed by atoms with Gasteiger partial charge in [0, 0.05) is 12.6 Å². The molecule has 0 radical (unpaired) electrons. The smallest absolute Gasteiger partial charge is 0.264 e. The van der Waals surface area contributed by atoms with Crippen molar-refractivity contribution in [1.29, 1.82) is 0 Å². The SMILES string of the molecule is COc1ccc(S(=O)(=O)N(CC(=O)N/N=C(/C)c2cccc(NC(C)=O)c2)c2ccc(C)cc2)cc1Br. The van der Waals surface area contributed by atoms with Crippen molar-refractivity contribution >= 4 is 54.9 Å². The van der Waals surface area contributed by atoms with Crippen molar-refractivity contribution < 1.29 is 22.7 Å². The summed E-state index contributed by atoms with van der Waals surface area (Å²) in [6.45, 7) is 4.48. The summed E-state index contributed by atoms with van der Waals surface area (Å²) in [6.07, 6.45) is 0. The molecule has 37 heavy (non-hydrogen) atoms. The van der Waals surface area contributed by atoms with Crippen LogP contribution >= 0.6 is 15.9 Å². The quantitative estimate of drug-likeness (QED) is 0.283. The summed E-state index contributed by atoms with van der Waals surface area (Å²) in [6, 6.07) is 18.2. The van der Waals surface area contributed by atoms with E-state index in [1.807, 2.05) is 6.92 Å². The lowest BCUT2D eigenvalue weighted by Crippen LogP contribution is -2.39. The maximum Gasteiger partial charge on any atom is 0.264 e. The molecule has 0 heterocycles. The van der Waals surface area contributed by atoms with Crippen molar-refractivity contribution in [3.63, 3.8) is 0 Å². The maximum atomic E-state index is 13.6. The van der Waals surface area contributed by atoms with E-state index in [4.69, 9.17) is 4.74 Å². The number of hydrogen-bond donors (Lipinski definition) is 2. The second kappa shape index (κ2) is 12.0. The van der Waals surface area contributed by atoms with Gasteiger partial charge in [-0.1, -0.05) is 29.8 Å². The summed E-state index contributed by atoms with van der Waals surface area (Å²) in [7, 11) is -2.64. The summed E-state index contributed by atoms with van der Waals surface area (Å²) in [4.78, 5) is 24.2. The fourth-order valence-electron chi connectivity index (χ4n) is 3.36.